The molecule has 1 saturated heterocycles. The zero-order valence-electron chi connectivity index (χ0n) is 10.0. The van der Waals surface area contributed by atoms with E-state index < -0.39 is 6.10 Å². The van der Waals surface area contributed by atoms with E-state index in [9.17, 15) is 5.11 Å². The number of anilines is 1. The van der Waals surface area contributed by atoms with Crippen molar-refractivity contribution in [2.75, 3.05) is 31.2 Å². The average Bonchev–Trinajstić information content (AvgIpc) is 2.57. The summed E-state index contributed by atoms with van der Waals surface area (Å²) in [5, 5.41) is 10.2. The first-order chi connectivity index (χ1) is 8.18. The fraction of sp³-hybridized carbons (Fsp3) is 0.538. The molecular weight excluding hydrogens is 238 g/mol. The van der Waals surface area contributed by atoms with Crippen molar-refractivity contribution in [2.24, 2.45) is 0 Å². The van der Waals surface area contributed by atoms with Gasteiger partial charge in [-0.05, 0) is 31.0 Å². The molecule has 2 rings (SSSR count). The largest absolute Gasteiger partial charge is 0.389 e. The lowest BCUT2D eigenvalue weighted by Gasteiger charge is -2.23. The van der Waals surface area contributed by atoms with E-state index in [1.165, 1.54) is 0 Å². The smallest absolute Gasteiger partial charge is 0.0762 e. The summed E-state index contributed by atoms with van der Waals surface area (Å²) in [6.45, 7) is 5.14. The molecule has 1 unspecified atom stereocenters. The van der Waals surface area contributed by atoms with Gasteiger partial charge in [-0.15, -0.1) is 0 Å². The Bertz CT molecular complexity index is 374. The fourth-order valence-corrected chi connectivity index (χ4v) is 2.33. The van der Waals surface area contributed by atoms with Gasteiger partial charge >= 0.3 is 0 Å². The van der Waals surface area contributed by atoms with Crippen molar-refractivity contribution in [3.63, 3.8) is 0 Å². The molecule has 1 aliphatic rings. The Labute approximate surface area is 107 Å². The monoisotopic (exact) mass is 255 g/mol. The van der Waals surface area contributed by atoms with Crippen LogP contribution >= 0.6 is 11.6 Å². The molecule has 94 valence electrons. The summed E-state index contributed by atoms with van der Waals surface area (Å²) in [5.74, 6) is 0. The predicted molar refractivity (Wildman–Crippen MR) is 69.7 cm³/mol. The lowest BCUT2D eigenvalue weighted by atomic mass is 10.1. The van der Waals surface area contributed by atoms with Gasteiger partial charge in [-0.3, -0.25) is 0 Å². The van der Waals surface area contributed by atoms with E-state index in [-0.39, 0.29) is 0 Å². The van der Waals surface area contributed by atoms with Crippen molar-refractivity contribution in [1.29, 1.82) is 0 Å². The number of nitrogens with zero attached hydrogens (tertiary/aromatic N) is 1. The highest BCUT2D eigenvalue weighted by Crippen LogP contribution is 2.29. The minimum Gasteiger partial charge on any atom is -0.389 e. The fourth-order valence-electron chi connectivity index (χ4n) is 2.03. The van der Waals surface area contributed by atoms with Crippen molar-refractivity contribution in [2.45, 2.75) is 19.4 Å². The quantitative estimate of drug-likeness (QED) is 0.882. The van der Waals surface area contributed by atoms with Gasteiger partial charge in [0, 0.05) is 19.7 Å². The van der Waals surface area contributed by atoms with Gasteiger partial charge in [-0.25, -0.2) is 0 Å². The molecule has 0 aliphatic carbocycles. The maximum absolute atomic E-state index is 9.50. The molecule has 3 nitrogen and oxygen atoms in total. The molecule has 1 aromatic carbocycles. The standard InChI is InChI=1S/C13H18ClNO2/c1-10(16)11-3-4-13(12(14)9-11)15-5-2-7-17-8-6-15/h3-4,9-10,16H,2,5-8H2,1H3. The first-order valence-electron chi connectivity index (χ1n) is 5.98. The van der Waals surface area contributed by atoms with Crippen molar-refractivity contribution in [3.8, 4) is 0 Å². The number of hydrogen-bond donors (Lipinski definition) is 1. The summed E-state index contributed by atoms with van der Waals surface area (Å²) < 4.78 is 5.42. The van der Waals surface area contributed by atoms with Gasteiger partial charge in [0.05, 0.1) is 23.4 Å². The molecule has 1 atom stereocenters. The van der Waals surface area contributed by atoms with E-state index in [0.29, 0.717) is 5.02 Å². The van der Waals surface area contributed by atoms with Gasteiger partial charge in [0.2, 0.25) is 0 Å². The van der Waals surface area contributed by atoms with Crippen LogP contribution in [-0.2, 0) is 4.74 Å². The summed E-state index contributed by atoms with van der Waals surface area (Å²) in [5.41, 5.74) is 1.88. The number of rotatable bonds is 2. The minimum absolute atomic E-state index is 0.478. The molecule has 1 aromatic rings. The van der Waals surface area contributed by atoms with Gasteiger partial charge in [0.15, 0.2) is 0 Å². The lowest BCUT2D eigenvalue weighted by Crippen LogP contribution is -2.26. The highest BCUT2D eigenvalue weighted by molar-refractivity contribution is 6.33. The number of hydrogen-bond acceptors (Lipinski definition) is 3. The molecule has 0 aromatic heterocycles. The second kappa shape index (κ2) is 5.71. The second-order valence-corrected chi connectivity index (χ2v) is 4.75. The van der Waals surface area contributed by atoms with Crippen LogP contribution in [0.2, 0.25) is 5.02 Å². The maximum Gasteiger partial charge on any atom is 0.0762 e. The number of aliphatic hydroxyl groups is 1. The maximum atomic E-state index is 9.50. The third-order valence-electron chi connectivity index (χ3n) is 3.02. The number of benzene rings is 1. The third kappa shape index (κ3) is 3.12. The number of ether oxygens (including phenoxy) is 1. The topological polar surface area (TPSA) is 32.7 Å². The highest BCUT2D eigenvalue weighted by atomic mass is 35.5. The van der Waals surface area contributed by atoms with Gasteiger partial charge in [-0.1, -0.05) is 17.7 Å². The van der Waals surface area contributed by atoms with E-state index in [1.807, 2.05) is 18.2 Å². The van der Waals surface area contributed by atoms with E-state index in [2.05, 4.69) is 4.90 Å². The van der Waals surface area contributed by atoms with Crippen LogP contribution in [0.4, 0.5) is 5.69 Å². The minimum atomic E-state index is -0.478. The molecule has 0 radical (unpaired) electrons. The molecule has 4 heteroatoms. The molecule has 1 fully saturated rings. The van der Waals surface area contributed by atoms with Crippen molar-refractivity contribution >= 4 is 17.3 Å². The molecule has 0 amide bonds. The van der Waals surface area contributed by atoms with Crippen LogP contribution in [0, 0.1) is 0 Å². The second-order valence-electron chi connectivity index (χ2n) is 4.34. The zero-order valence-corrected chi connectivity index (χ0v) is 10.8. The Morgan fingerprint density at radius 2 is 2.18 bits per heavy atom. The Morgan fingerprint density at radius 1 is 1.35 bits per heavy atom. The molecule has 0 spiro atoms. The van der Waals surface area contributed by atoms with Crippen molar-refractivity contribution < 1.29 is 9.84 Å². The molecule has 1 N–H and O–H groups in total. The molecular formula is C13H18ClNO2. The van der Waals surface area contributed by atoms with Gasteiger partial charge < -0.3 is 14.7 Å². The highest BCUT2D eigenvalue weighted by Gasteiger charge is 2.14. The van der Waals surface area contributed by atoms with Gasteiger partial charge in [0.25, 0.3) is 0 Å². The van der Waals surface area contributed by atoms with Crippen LogP contribution in [0.3, 0.4) is 0 Å². The molecule has 1 heterocycles. The Morgan fingerprint density at radius 3 is 2.88 bits per heavy atom. The Balaban J connectivity index is 2.19. The van der Waals surface area contributed by atoms with Gasteiger partial charge in [0.1, 0.15) is 0 Å². The van der Waals surface area contributed by atoms with Crippen molar-refractivity contribution in [1.82, 2.24) is 0 Å². The van der Waals surface area contributed by atoms with E-state index in [4.69, 9.17) is 16.3 Å². The predicted octanol–water partition coefficient (Wildman–Crippen LogP) is 2.62. The number of halogens is 1. The summed E-state index contributed by atoms with van der Waals surface area (Å²) in [6, 6.07) is 5.75. The Kier molecular flexibility index (Phi) is 4.26. The normalized spacial score (nSPS) is 18.9. The first-order valence-corrected chi connectivity index (χ1v) is 6.36. The van der Waals surface area contributed by atoms with E-state index in [1.54, 1.807) is 6.92 Å². The molecule has 17 heavy (non-hydrogen) atoms. The average molecular weight is 256 g/mol. The summed E-state index contributed by atoms with van der Waals surface area (Å²) in [6.07, 6.45) is 0.545. The molecule has 0 bridgehead atoms. The third-order valence-corrected chi connectivity index (χ3v) is 3.32. The zero-order chi connectivity index (χ0) is 12.3. The van der Waals surface area contributed by atoms with Crippen LogP contribution in [0.15, 0.2) is 18.2 Å². The molecule has 1 aliphatic heterocycles. The van der Waals surface area contributed by atoms with Crippen molar-refractivity contribution in [3.05, 3.63) is 28.8 Å². The van der Waals surface area contributed by atoms with Crippen LogP contribution in [0.25, 0.3) is 0 Å². The summed E-state index contributed by atoms with van der Waals surface area (Å²) >= 11 is 6.27. The van der Waals surface area contributed by atoms with Crippen LogP contribution in [-0.4, -0.2) is 31.4 Å². The number of aliphatic hydroxyl groups excluding tert-OH is 1. The first kappa shape index (κ1) is 12.7. The van der Waals surface area contributed by atoms with Crippen LogP contribution < -0.4 is 4.90 Å². The van der Waals surface area contributed by atoms with E-state index >= 15 is 0 Å². The van der Waals surface area contributed by atoms with Gasteiger partial charge in [-0.2, -0.15) is 0 Å². The lowest BCUT2D eigenvalue weighted by molar-refractivity contribution is 0.152. The van der Waals surface area contributed by atoms with Crippen LogP contribution in [0.5, 0.6) is 0 Å². The molecule has 0 saturated carbocycles. The Hall–Kier alpha value is -0.770. The summed E-state index contributed by atoms with van der Waals surface area (Å²) in [4.78, 5) is 2.24. The SMILES string of the molecule is CC(O)c1ccc(N2CCCOCC2)c(Cl)c1. The summed E-state index contributed by atoms with van der Waals surface area (Å²) in [7, 11) is 0. The van der Waals surface area contributed by atoms with Crippen LogP contribution in [0.1, 0.15) is 25.0 Å². The van der Waals surface area contributed by atoms with E-state index in [0.717, 1.165) is 44.0 Å².